The summed E-state index contributed by atoms with van der Waals surface area (Å²) in [4.78, 5) is 0. The van der Waals surface area contributed by atoms with Crippen molar-refractivity contribution in [2.75, 3.05) is 6.61 Å². The van der Waals surface area contributed by atoms with Crippen LogP contribution < -0.4 is 5.46 Å². The Morgan fingerprint density at radius 1 is 1.30 bits per heavy atom. The van der Waals surface area contributed by atoms with Crippen LogP contribution in [0.2, 0.25) is 0 Å². The van der Waals surface area contributed by atoms with Gasteiger partial charge >= 0.3 is 0 Å². The highest BCUT2D eigenvalue weighted by Crippen LogP contribution is 2.30. The lowest BCUT2D eigenvalue weighted by atomic mass is 9.88. The number of rotatable bonds is 5. The molecule has 0 fully saturated rings. The normalized spacial score (nSPS) is 18.9. The molecule has 4 heteroatoms. The Kier molecular flexibility index (Phi) is 5.35. The van der Waals surface area contributed by atoms with Gasteiger partial charge in [0.05, 0.1) is 6.10 Å². The molecule has 0 saturated heterocycles. The molecule has 1 aromatic rings. The summed E-state index contributed by atoms with van der Waals surface area (Å²) in [5.74, 6) is -1.45. The van der Waals surface area contributed by atoms with Crippen LogP contribution in [0.5, 0.6) is 0 Å². The van der Waals surface area contributed by atoms with E-state index < -0.39 is 11.6 Å². The zero-order valence-corrected chi connectivity index (χ0v) is 12.2. The van der Waals surface area contributed by atoms with Crippen LogP contribution in [0.1, 0.15) is 44.6 Å². The number of benzene rings is 1. The molecule has 0 heterocycles. The quantitative estimate of drug-likeness (QED) is 0.594. The Morgan fingerprint density at radius 2 is 2.10 bits per heavy atom. The fourth-order valence-electron chi connectivity index (χ4n) is 2.49. The van der Waals surface area contributed by atoms with Crippen LogP contribution >= 0.6 is 0 Å². The largest absolute Gasteiger partial charge is 0.378 e. The molecule has 0 radical (unpaired) electrons. The number of hydrogen-bond donors (Lipinski definition) is 0. The SMILES string of the molecule is Bc1ccc(C2=CCC(OCCCC)CC2)c(F)c1F. The Bertz CT molecular complexity index is 499. The Hall–Kier alpha value is -1.16. The van der Waals surface area contributed by atoms with E-state index in [1.807, 2.05) is 6.08 Å². The lowest BCUT2D eigenvalue weighted by molar-refractivity contribution is 0.0466. The van der Waals surface area contributed by atoms with Gasteiger partial charge in [-0.05, 0) is 31.3 Å². The minimum atomic E-state index is -0.732. The maximum absolute atomic E-state index is 13.9. The van der Waals surface area contributed by atoms with E-state index >= 15 is 0 Å². The second kappa shape index (κ2) is 7.03. The Balaban J connectivity index is 2.03. The van der Waals surface area contributed by atoms with Crippen molar-refractivity contribution in [3.05, 3.63) is 35.4 Å². The fourth-order valence-corrected chi connectivity index (χ4v) is 2.49. The highest BCUT2D eigenvalue weighted by Gasteiger charge is 2.19. The average molecular weight is 278 g/mol. The summed E-state index contributed by atoms with van der Waals surface area (Å²) in [5.41, 5.74) is 1.65. The van der Waals surface area contributed by atoms with Crippen LogP contribution in [-0.4, -0.2) is 20.6 Å². The molecule has 0 amide bonds. The number of hydrogen-bond acceptors (Lipinski definition) is 1. The third kappa shape index (κ3) is 3.48. The van der Waals surface area contributed by atoms with Crippen LogP contribution in [0.3, 0.4) is 0 Å². The summed E-state index contributed by atoms with van der Waals surface area (Å²) in [5, 5.41) is 0. The van der Waals surface area contributed by atoms with E-state index in [1.165, 1.54) is 0 Å². The number of ether oxygens (including phenoxy) is 1. The minimum absolute atomic E-state index is 0.226. The monoisotopic (exact) mass is 278 g/mol. The van der Waals surface area contributed by atoms with Gasteiger partial charge in [0.15, 0.2) is 11.6 Å². The summed E-state index contributed by atoms with van der Waals surface area (Å²) in [7, 11) is 1.58. The van der Waals surface area contributed by atoms with E-state index in [2.05, 4.69) is 6.92 Å². The van der Waals surface area contributed by atoms with E-state index in [1.54, 1.807) is 20.0 Å². The molecule has 108 valence electrons. The first-order valence-corrected chi connectivity index (χ1v) is 7.39. The van der Waals surface area contributed by atoms with Crippen LogP contribution in [0.15, 0.2) is 18.2 Å². The van der Waals surface area contributed by atoms with E-state index in [0.717, 1.165) is 44.3 Å². The second-order valence-corrected chi connectivity index (χ2v) is 5.41. The molecule has 0 aliphatic heterocycles. The molecule has 1 atom stereocenters. The number of unbranched alkanes of at least 4 members (excludes halogenated alkanes) is 1. The zero-order chi connectivity index (χ0) is 14.5. The third-order valence-corrected chi connectivity index (χ3v) is 3.84. The predicted octanol–water partition coefficient (Wildman–Crippen LogP) is 2.98. The van der Waals surface area contributed by atoms with Gasteiger partial charge in [-0.25, -0.2) is 8.78 Å². The summed E-state index contributed by atoms with van der Waals surface area (Å²) >= 11 is 0. The van der Waals surface area contributed by atoms with Crippen molar-refractivity contribution >= 4 is 18.9 Å². The first kappa shape index (κ1) is 15.2. The zero-order valence-electron chi connectivity index (χ0n) is 12.2. The van der Waals surface area contributed by atoms with Crippen LogP contribution in [0.4, 0.5) is 8.78 Å². The Labute approximate surface area is 120 Å². The summed E-state index contributed by atoms with van der Waals surface area (Å²) in [6, 6.07) is 3.32. The first-order valence-electron chi connectivity index (χ1n) is 7.39. The summed E-state index contributed by atoms with van der Waals surface area (Å²) < 4.78 is 33.3. The third-order valence-electron chi connectivity index (χ3n) is 3.84. The summed E-state index contributed by atoms with van der Waals surface area (Å²) in [6.07, 6.45) is 6.83. The number of halogens is 2. The standard InChI is InChI=1S/C16H21BF2O/c1-2-3-10-20-12-6-4-11(5-7-12)13-8-9-14(17)16(19)15(13)18/h4,8-9,12H,2-3,5-7,10,17H2,1H3. The molecule has 20 heavy (non-hydrogen) atoms. The molecule has 0 spiro atoms. The van der Waals surface area contributed by atoms with Crippen LogP contribution in [-0.2, 0) is 4.74 Å². The van der Waals surface area contributed by atoms with Gasteiger partial charge in [-0.1, -0.05) is 37.0 Å². The second-order valence-electron chi connectivity index (χ2n) is 5.41. The highest BCUT2D eigenvalue weighted by atomic mass is 19.2. The molecule has 0 saturated carbocycles. The maximum Gasteiger partial charge on any atom is 0.165 e. The lowest BCUT2D eigenvalue weighted by Gasteiger charge is -2.23. The van der Waals surface area contributed by atoms with Gasteiger partial charge in [-0.3, -0.25) is 0 Å². The van der Waals surface area contributed by atoms with Crippen molar-refractivity contribution in [1.82, 2.24) is 0 Å². The lowest BCUT2D eigenvalue weighted by Crippen LogP contribution is -2.17. The predicted molar refractivity (Wildman–Crippen MR) is 81.0 cm³/mol. The molecular weight excluding hydrogens is 257 g/mol. The van der Waals surface area contributed by atoms with Gasteiger partial charge in [-0.15, -0.1) is 0 Å². The van der Waals surface area contributed by atoms with Crippen molar-refractivity contribution in [3.8, 4) is 0 Å². The smallest absolute Gasteiger partial charge is 0.165 e. The fraction of sp³-hybridized carbons (Fsp3) is 0.500. The average Bonchev–Trinajstić information content (AvgIpc) is 2.46. The van der Waals surface area contributed by atoms with E-state index in [9.17, 15) is 8.78 Å². The van der Waals surface area contributed by atoms with Gasteiger partial charge in [0, 0.05) is 12.2 Å². The van der Waals surface area contributed by atoms with Crippen molar-refractivity contribution in [1.29, 1.82) is 0 Å². The highest BCUT2D eigenvalue weighted by molar-refractivity contribution is 6.32. The summed E-state index contributed by atoms with van der Waals surface area (Å²) in [6.45, 7) is 2.93. The maximum atomic E-state index is 13.9. The van der Waals surface area contributed by atoms with Gasteiger partial charge in [0.1, 0.15) is 7.85 Å². The molecule has 1 nitrogen and oxygen atoms in total. The van der Waals surface area contributed by atoms with Crippen molar-refractivity contribution in [2.24, 2.45) is 0 Å². The molecule has 1 aliphatic rings. The van der Waals surface area contributed by atoms with Crippen molar-refractivity contribution in [3.63, 3.8) is 0 Å². The number of allylic oxidation sites excluding steroid dienone is 1. The molecule has 1 aromatic carbocycles. The van der Waals surface area contributed by atoms with Gasteiger partial charge in [0.25, 0.3) is 0 Å². The molecule has 1 unspecified atom stereocenters. The minimum Gasteiger partial charge on any atom is -0.378 e. The van der Waals surface area contributed by atoms with Gasteiger partial charge in [0.2, 0.25) is 0 Å². The molecule has 0 bridgehead atoms. The molecule has 0 aromatic heterocycles. The molecule has 0 N–H and O–H groups in total. The first-order chi connectivity index (χ1) is 9.63. The molecular formula is C16H21BF2O. The topological polar surface area (TPSA) is 9.23 Å². The van der Waals surface area contributed by atoms with Crippen molar-refractivity contribution in [2.45, 2.75) is 45.1 Å². The van der Waals surface area contributed by atoms with Crippen molar-refractivity contribution < 1.29 is 13.5 Å². The Morgan fingerprint density at radius 3 is 2.75 bits per heavy atom. The van der Waals surface area contributed by atoms with E-state index in [4.69, 9.17) is 4.74 Å². The van der Waals surface area contributed by atoms with Crippen LogP contribution in [0, 0.1) is 11.6 Å². The molecule has 2 rings (SSSR count). The van der Waals surface area contributed by atoms with E-state index in [0.29, 0.717) is 11.0 Å². The van der Waals surface area contributed by atoms with E-state index in [-0.39, 0.29) is 6.10 Å². The van der Waals surface area contributed by atoms with Crippen LogP contribution in [0.25, 0.3) is 5.57 Å². The van der Waals surface area contributed by atoms with Gasteiger partial charge < -0.3 is 4.74 Å². The van der Waals surface area contributed by atoms with Gasteiger partial charge in [-0.2, -0.15) is 0 Å². The molecule has 1 aliphatic carbocycles.